The molecule has 0 radical (unpaired) electrons. The van der Waals surface area contributed by atoms with E-state index in [0.29, 0.717) is 22.1 Å². The Morgan fingerprint density at radius 3 is 2.57 bits per heavy atom. The molecule has 0 aromatic heterocycles. The minimum absolute atomic E-state index is 0.289. The summed E-state index contributed by atoms with van der Waals surface area (Å²) in [6.45, 7) is 5.80. The number of hydrogen-bond donors (Lipinski definition) is 2. The summed E-state index contributed by atoms with van der Waals surface area (Å²) in [5.41, 5.74) is 0.476. The van der Waals surface area contributed by atoms with Crippen molar-refractivity contribution >= 4 is 29.7 Å². The van der Waals surface area contributed by atoms with Gasteiger partial charge >= 0.3 is 12.0 Å². The number of rotatable bonds is 6. The van der Waals surface area contributed by atoms with Crippen LogP contribution in [0.25, 0.3) is 0 Å². The number of urea groups is 1. The fourth-order valence-electron chi connectivity index (χ4n) is 2.76. The van der Waals surface area contributed by atoms with Gasteiger partial charge in [0.05, 0.1) is 5.56 Å². The maximum Gasteiger partial charge on any atom is 0.344 e. The number of carbonyl (C=O) groups is 3. The summed E-state index contributed by atoms with van der Waals surface area (Å²) in [7, 11) is 0. The number of carbonyl (C=O) groups excluding carboxylic acids is 3. The number of nitrogens with one attached hydrogen (secondary N) is 2. The molecule has 0 unspecified atom stereocenters. The number of benzene rings is 2. The molecule has 1 fully saturated rings. The van der Waals surface area contributed by atoms with Crippen molar-refractivity contribution in [2.45, 2.75) is 37.1 Å². The summed E-state index contributed by atoms with van der Waals surface area (Å²) in [6.07, 6.45) is 0. The van der Waals surface area contributed by atoms with Gasteiger partial charge in [-0.15, -0.1) is 11.8 Å². The highest BCUT2D eigenvalue weighted by atomic mass is 32.2. The molecular weight excluding hydrogens is 376 g/mol. The van der Waals surface area contributed by atoms with Crippen molar-refractivity contribution in [3.05, 3.63) is 59.7 Å². The van der Waals surface area contributed by atoms with E-state index in [1.807, 2.05) is 24.3 Å². The summed E-state index contributed by atoms with van der Waals surface area (Å²) in [4.78, 5) is 36.8. The van der Waals surface area contributed by atoms with Crippen LogP contribution in [0.5, 0.6) is 5.75 Å². The fraction of sp³-hybridized carbons (Fsp3) is 0.286. The third-order valence-electron chi connectivity index (χ3n) is 4.48. The average Bonchev–Trinajstić information content (AvgIpc) is 2.92. The van der Waals surface area contributed by atoms with Crippen LogP contribution in [0, 0.1) is 0 Å². The van der Waals surface area contributed by atoms with Crippen LogP contribution in [0.4, 0.5) is 4.79 Å². The highest BCUT2D eigenvalue weighted by molar-refractivity contribution is 7.99. The topological polar surface area (TPSA) is 84.5 Å². The number of imide groups is 1. The number of esters is 1. The Kier molecular flexibility index (Phi) is 5.74. The van der Waals surface area contributed by atoms with E-state index in [-0.39, 0.29) is 11.7 Å². The van der Waals surface area contributed by atoms with Crippen molar-refractivity contribution in [3.8, 4) is 5.75 Å². The van der Waals surface area contributed by atoms with Gasteiger partial charge in [-0.3, -0.25) is 10.1 Å². The first kappa shape index (κ1) is 19.9. The van der Waals surface area contributed by atoms with Crippen LogP contribution < -0.4 is 15.4 Å². The highest BCUT2D eigenvalue weighted by Crippen LogP contribution is 2.29. The molecule has 2 aromatic carbocycles. The Bertz CT molecular complexity index is 928. The van der Waals surface area contributed by atoms with Crippen molar-refractivity contribution in [3.63, 3.8) is 0 Å². The Labute approximate surface area is 168 Å². The van der Waals surface area contributed by atoms with E-state index in [2.05, 4.69) is 24.5 Å². The average molecular weight is 398 g/mol. The Morgan fingerprint density at radius 2 is 1.89 bits per heavy atom. The first-order valence-electron chi connectivity index (χ1n) is 8.96. The molecule has 0 saturated carbocycles. The second-order valence-corrected chi connectivity index (χ2v) is 8.16. The van der Waals surface area contributed by atoms with Gasteiger partial charge in [0.1, 0.15) is 11.3 Å². The molecule has 2 N–H and O–H groups in total. The van der Waals surface area contributed by atoms with Crippen LogP contribution in [0.15, 0.2) is 53.4 Å². The molecule has 1 aliphatic rings. The van der Waals surface area contributed by atoms with E-state index in [1.165, 1.54) is 11.8 Å². The van der Waals surface area contributed by atoms with Gasteiger partial charge in [0, 0.05) is 10.6 Å². The zero-order chi connectivity index (χ0) is 20.3. The zero-order valence-electron chi connectivity index (χ0n) is 15.9. The Balaban J connectivity index is 1.75. The van der Waals surface area contributed by atoms with Gasteiger partial charge in [-0.05, 0) is 42.7 Å². The molecule has 1 heterocycles. The Morgan fingerprint density at radius 1 is 1.14 bits per heavy atom. The van der Waals surface area contributed by atoms with E-state index in [9.17, 15) is 14.4 Å². The molecule has 146 valence electrons. The number of ether oxygens (including phenoxy) is 1. The summed E-state index contributed by atoms with van der Waals surface area (Å²) < 4.78 is 5.57. The van der Waals surface area contributed by atoms with Crippen LogP contribution >= 0.6 is 11.8 Å². The standard InChI is InChI=1S/C21H22N2O4S/c1-13(2)14-7-6-8-15(11-14)27-18(24)16-9-4-5-10-17(16)28-12-21(3)19(25)22-20(26)23-21/h4-11,13H,12H2,1-3H3,(H2,22,23,25,26)/t21-/m1/s1. The lowest BCUT2D eigenvalue weighted by atomic mass is 10.0. The fourth-order valence-corrected chi connectivity index (χ4v) is 3.89. The molecule has 2 aromatic rings. The molecule has 28 heavy (non-hydrogen) atoms. The van der Waals surface area contributed by atoms with E-state index in [1.54, 1.807) is 31.2 Å². The van der Waals surface area contributed by atoms with Crippen molar-refractivity contribution in [1.82, 2.24) is 10.6 Å². The quantitative estimate of drug-likeness (QED) is 0.335. The molecule has 1 atom stereocenters. The minimum atomic E-state index is -1.02. The van der Waals surface area contributed by atoms with Crippen LogP contribution in [0.1, 0.15) is 42.6 Å². The van der Waals surface area contributed by atoms with Crippen LogP contribution in [0.3, 0.4) is 0 Å². The monoisotopic (exact) mass is 398 g/mol. The lowest BCUT2D eigenvalue weighted by Gasteiger charge is -2.20. The molecule has 3 amide bonds. The SMILES string of the molecule is CC(C)c1cccc(OC(=O)c2ccccc2SC[C@@]2(C)NC(=O)NC2=O)c1. The normalized spacial score (nSPS) is 18.7. The van der Waals surface area contributed by atoms with Gasteiger partial charge < -0.3 is 10.1 Å². The van der Waals surface area contributed by atoms with Crippen molar-refractivity contribution in [2.24, 2.45) is 0 Å². The van der Waals surface area contributed by atoms with Crippen molar-refractivity contribution < 1.29 is 19.1 Å². The zero-order valence-corrected chi connectivity index (χ0v) is 16.8. The maximum atomic E-state index is 12.7. The molecule has 6 nitrogen and oxygen atoms in total. The first-order valence-corrected chi connectivity index (χ1v) is 9.94. The van der Waals surface area contributed by atoms with Gasteiger partial charge in [0.2, 0.25) is 0 Å². The molecule has 0 aliphatic carbocycles. The number of thioether (sulfide) groups is 1. The predicted octanol–water partition coefficient (Wildman–Crippen LogP) is 3.72. The molecule has 1 saturated heterocycles. The van der Waals surface area contributed by atoms with Crippen LogP contribution in [0.2, 0.25) is 0 Å². The smallest absolute Gasteiger partial charge is 0.344 e. The molecule has 7 heteroatoms. The van der Waals surface area contributed by atoms with Crippen molar-refractivity contribution in [1.29, 1.82) is 0 Å². The van der Waals surface area contributed by atoms with Gasteiger partial charge in [0.25, 0.3) is 5.91 Å². The van der Waals surface area contributed by atoms with Gasteiger partial charge in [-0.1, -0.05) is 38.1 Å². The first-order chi connectivity index (χ1) is 13.3. The summed E-state index contributed by atoms with van der Waals surface area (Å²) in [6, 6.07) is 14.0. The number of amides is 3. The second kappa shape index (κ2) is 8.06. The Hall–Kier alpha value is -2.80. The minimum Gasteiger partial charge on any atom is -0.423 e. The lowest BCUT2D eigenvalue weighted by molar-refractivity contribution is -0.122. The van der Waals surface area contributed by atoms with E-state index < -0.39 is 17.5 Å². The maximum absolute atomic E-state index is 12.7. The van der Waals surface area contributed by atoms with Crippen molar-refractivity contribution in [2.75, 3.05) is 5.75 Å². The number of hydrogen-bond acceptors (Lipinski definition) is 5. The molecule has 0 bridgehead atoms. The lowest BCUT2D eigenvalue weighted by Crippen LogP contribution is -2.46. The highest BCUT2D eigenvalue weighted by Gasteiger charge is 2.41. The van der Waals surface area contributed by atoms with E-state index in [4.69, 9.17) is 4.74 Å². The largest absolute Gasteiger partial charge is 0.423 e. The molecule has 1 aliphatic heterocycles. The molecule has 0 spiro atoms. The van der Waals surface area contributed by atoms with E-state index >= 15 is 0 Å². The van der Waals surface area contributed by atoms with Gasteiger partial charge in [-0.2, -0.15) is 0 Å². The molecular formula is C21H22N2O4S. The van der Waals surface area contributed by atoms with Crippen LogP contribution in [-0.4, -0.2) is 29.2 Å². The van der Waals surface area contributed by atoms with Crippen LogP contribution in [-0.2, 0) is 4.79 Å². The predicted molar refractivity (Wildman–Crippen MR) is 108 cm³/mol. The summed E-state index contributed by atoms with van der Waals surface area (Å²) in [5, 5.41) is 4.85. The summed E-state index contributed by atoms with van der Waals surface area (Å²) in [5.74, 6) is 0.266. The third-order valence-corrected chi connectivity index (χ3v) is 5.86. The second-order valence-electron chi connectivity index (χ2n) is 7.14. The third kappa shape index (κ3) is 4.36. The van der Waals surface area contributed by atoms with E-state index in [0.717, 1.165) is 5.56 Å². The van der Waals surface area contributed by atoms with Gasteiger partial charge in [-0.25, -0.2) is 9.59 Å². The van der Waals surface area contributed by atoms with Gasteiger partial charge in [0.15, 0.2) is 0 Å². The summed E-state index contributed by atoms with van der Waals surface area (Å²) >= 11 is 1.32. The molecule has 3 rings (SSSR count).